The number of hydrogen-bond acceptors (Lipinski definition) is 2. The van der Waals surface area contributed by atoms with E-state index in [0.717, 1.165) is 29.3 Å². The summed E-state index contributed by atoms with van der Waals surface area (Å²) in [5.74, 6) is 2.35. The van der Waals surface area contributed by atoms with E-state index < -0.39 is 0 Å². The predicted molar refractivity (Wildman–Crippen MR) is 79.7 cm³/mol. The smallest absolute Gasteiger partial charge is 0.151 e. The molecule has 98 valence electrons. The molecule has 0 atom stereocenters. The van der Waals surface area contributed by atoms with Crippen molar-refractivity contribution < 1.29 is 4.74 Å². The van der Waals surface area contributed by atoms with Gasteiger partial charge in [0, 0.05) is 0 Å². The van der Waals surface area contributed by atoms with Gasteiger partial charge in [-0.1, -0.05) is 32.9 Å². The summed E-state index contributed by atoms with van der Waals surface area (Å²) in [6.45, 7) is 6.56. The van der Waals surface area contributed by atoms with Crippen molar-refractivity contribution in [1.82, 2.24) is 0 Å². The molecule has 0 unspecified atom stereocenters. The lowest BCUT2D eigenvalue weighted by Crippen LogP contribution is -2.04. The second kappa shape index (κ2) is 4.61. The van der Waals surface area contributed by atoms with E-state index in [1.54, 1.807) is 0 Å². The number of ether oxygens (including phenoxy) is 1. The average molecular weight is 253 g/mol. The molecule has 2 heteroatoms. The van der Waals surface area contributed by atoms with Gasteiger partial charge in [0.15, 0.2) is 11.5 Å². The molecule has 0 aliphatic carbocycles. The second-order valence-corrected chi connectivity index (χ2v) is 5.32. The van der Waals surface area contributed by atoms with Crippen molar-refractivity contribution in [2.75, 3.05) is 5.32 Å². The molecule has 0 bridgehead atoms. The number of anilines is 2. The van der Waals surface area contributed by atoms with Gasteiger partial charge in [0.1, 0.15) is 0 Å². The maximum absolute atomic E-state index is 5.99. The van der Waals surface area contributed by atoms with Gasteiger partial charge in [0.05, 0.1) is 11.4 Å². The predicted octanol–water partition coefficient (Wildman–Crippen LogP) is 5.22. The fraction of sp³-hybridized carbons (Fsp3) is 0.294. The Labute approximate surface area is 114 Å². The summed E-state index contributed by atoms with van der Waals surface area (Å²) >= 11 is 0. The molecule has 0 amide bonds. The minimum Gasteiger partial charge on any atom is -0.453 e. The summed E-state index contributed by atoms with van der Waals surface area (Å²) in [6.07, 6.45) is 1.02. The van der Waals surface area contributed by atoms with E-state index in [1.165, 1.54) is 11.1 Å². The first-order valence-corrected chi connectivity index (χ1v) is 6.89. The minimum atomic E-state index is 0.524. The van der Waals surface area contributed by atoms with Crippen LogP contribution < -0.4 is 10.1 Å². The molecule has 1 heterocycles. The number of fused-ring (bicyclic) bond motifs is 2. The molecule has 0 saturated carbocycles. The molecule has 0 spiro atoms. The number of hydrogen-bond donors (Lipinski definition) is 1. The van der Waals surface area contributed by atoms with Crippen molar-refractivity contribution in [3.8, 4) is 11.5 Å². The summed E-state index contributed by atoms with van der Waals surface area (Å²) in [4.78, 5) is 0. The maximum atomic E-state index is 5.99. The van der Waals surface area contributed by atoms with Crippen LogP contribution in [0.4, 0.5) is 11.4 Å². The number of aryl methyl sites for hydroxylation is 1. The third kappa shape index (κ3) is 2.19. The van der Waals surface area contributed by atoms with Crippen LogP contribution in [0, 0.1) is 0 Å². The standard InChI is InChI=1S/C17H19NO/c1-4-12-5-7-14-17(9-12)19-16-8-6-13(11(2)3)10-15(16)18-14/h5-11,18H,4H2,1-3H3. The zero-order valence-electron chi connectivity index (χ0n) is 11.7. The molecule has 1 aliphatic rings. The topological polar surface area (TPSA) is 21.3 Å². The summed E-state index contributed by atoms with van der Waals surface area (Å²) in [7, 11) is 0. The quantitative estimate of drug-likeness (QED) is 0.676. The minimum absolute atomic E-state index is 0.524. The molecule has 0 saturated heterocycles. The molecule has 0 aromatic heterocycles. The maximum Gasteiger partial charge on any atom is 0.151 e. The Morgan fingerprint density at radius 3 is 2.58 bits per heavy atom. The highest BCUT2D eigenvalue weighted by atomic mass is 16.5. The van der Waals surface area contributed by atoms with Gasteiger partial charge >= 0.3 is 0 Å². The van der Waals surface area contributed by atoms with Crippen LogP contribution in [0.15, 0.2) is 36.4 Å². The van der Waals surface area contributed by atoms with Crippen LogP contribution in [0.2, 0.25) is 0 Å². The van der Waals surface area contributed by atoms with Gasteiger partial charge in [0.25, 0.3) is 0 Å². The number of benzene rings is 2. The van der Waals surface area contributed by atoms with Crippen LogP contribution in [0.1, 0.15) is 37.8 Å². The molecule has 0 radical (unpaired) electrons. The fourth-order valence-electron chi connectivity index (χ4n) is 2.33. The van der Waals surface area contributed by atoms with Crippen molar-refractivity contribution in [2.45, 2.75) is 33.1 Å². The molecular formula is C17H19NO. The molecule has 0 fully saturated rings. The summed E-state index contributed by atoms with van der Waals surface area (Å²) < 4.78 is 5.99. The van der Waals surface area contributed by atoms with Gasteiger partial charge in [-0.15, -0.1) is 0 Å². The van der Waals surface area contributed by atoms with E-state index in [0.29, 0.717) is 5.92 Å². The van der Waals surface area contributed by atoms with Gasteiger partial charge in [-0.05, 0) is 47.7 Å². The summed E-state index contributed by atoms with van der Waals surface area (Å²) in [5, 5.41) is 3.46. The van der Waals surface area contributed by atoms with Crippen LogP contribution in [-0.2, 0) is 6.42 Å². The van der Waals surface area contributed by atoms with E-state index >= 15 is 0 Å². The Morgan fingerprint density at radius 1 is 1.00 bits per heavy atom. The van der Waals surface area contributed by atoms with E-state index in [9.17, 15) is 0 Å². The van der Waals surface area contributed by atoms with Crippen molar-refractivity contribution in [3.05, 3.63) is 47.5 Å². The van der Waals surface area contributed by atoms with Crippen LogP contribution in [-0.4, -0.2) is 0 Å². The van der Waals surface area contributed by atoms with E-state index in [-0.39, 0.29) is 0 Å². The molecule has 1 N–H and O–H groups in total. The van der Waals surface area contributed by atoms with Gasteiger partial charge in [-0.25, -0.2) is 0 Å². The lowest BCUT2D eigenvalue weighted by atomic mass is 10.0. The molecular weight excluding hydrogens is 234 g/mol. The highest BCUT2D eigenvalue weighted by molar-refractivity contribution is 5.76. The molecule has 3 rings (SSSR count). The van der Waals surface area contributed by atoms with Gasteiger partial charge in [0.2, 0.25) is 0 Å². The highest BCUT2D eigenvalue weighted by Crippen LogP contribution is 2.43. The summed E-state index contributed by atoms with van der Waals surface area (Å²) in [6, 6.07) is 12.7. The first-order valence-electron chi connectivity index (χ1n) is 6.89. The summed E-state index contributed by atoms with van der Waals surface area (Å²) in [5.41, 5.74) is 4.72. The van der Waals surface area contributed by atoms with Crippen LogP contribution in [0.5, 0.6) is 11.5 Å². The van der Waals surface area contributed by atoms with E-state index in [4.69, 9.17) is 4.74 Å². The zero-order chi connectivity index (χ0) is 13.4. The molecule has 2 nitrogen and oxygen atoms in total. The van der Waals surface area contributed by atoms with Crippen molar-refractivity contribution in [1.29, 1.82) is 0 Å². The van der Waals surface area contributed by atoms with E-state index in [1.807, 2.05) is 0 Å². The van der Waals surface area contributed by atoms with Crippen LogP contribution in [0.25, 0.3) is 0 Å². The first kappa shape index (κ1) is 12.1. The third-order valence-electron chi connectivity index (χ3n) is 3.61. The number of rotatable bonds is 2. The molecule has 2 aromatic carbocycles. The lowest BCUT2D eigenvalue weighted by molar-refractivity contribution is 0.480. The largest absolute Gasteiger partial charge is 0.453 e. The van der Waals surface area contributed by atoms with Gasteiger partial charge in [-0.3, -0.25) is 0 Å². The van der Waals surface area contributed by atoms with E-state index in [2.05, 4.69) is 62.5 Å². The SMILES string of the molecule is CCc1ccc2c(c1)Oc1ccc(C(C)C)cc1N2. The van der Waals surface area contributed by atoms with Crippen molar-refractivity contribution in [3.63, 3.8) is 0 Å². The fourth-order valence-corrected chi connectivity index (χ4v) is 2.33. The van der Waals surface area contributed by atoms with Crippen molar-refractivity contribution >= 4 is 11.4 Å². The third-order valence-corrected chi connectivity index (χ3v) is 3.61. The molecule has 19 heavy (non-hydrogen) atoms. The van der Waals surface area contributed by atoms with Gasteiger partial charge in [-0.2, -0.15) is 0 Å². The first-order chi connectivity index (χ1) is 9.17. The van der Waals surface area contributed by atoms with Gasteiger partial charge < -0.3 is 10.1 Å². The Morgan fingerprint density at radius 2 is 1.84 bits per heavy atom. The Kier molecular flexibility index (Phi) is 2.94. The van der Waals surface area contributed by atoms with Crippen molar-refractivity contribution in [2.24, 2.45) is 0 Å². The second-order valence-electron chi connectivity index (χ2n) is 5.32. The lowest BCUT2D eigenvalue weighted by Gasteiger charge is -2.23. The van der Waals surface area contributed by atoms with Crippen LogP contribution in [0.3, 0.4) is 0 Å². The van der Waals surface area contributed by atoms with Crippen LogP contribution >= 0.6 is 0 Å². The average Bonchev–Trinajstić information content (AvgIpc) is 2.43. The Bertz CT molecular complexity index is 617. The molecule has 1 aliphatic heterocycles. The normalized spacial score (nSPS) is 12.4. The highest BCUT2D eigenvalue weighted by Gasteiger charge is 2.17. The molecule has 2 aromatic rings. The monoisotopic (exact) mass is 253 g/mol. The Balaban J connectivity index is 1.99. The number of nitrogens with one attached hydrogen (secondary N) is 1. The Hall–Kier alpha value is -1.96. The zero-order valence-corrected chi connectivity index (χ0v) is 11.7.